The first-order valence-corrected chi connectivity index (χ1v) is 15.3. The van der Waals surface area contributed by atoms with Crippen molar-refractivity contribution >= 4 is 0 Å². The van der Waals surface area contributed by atoms with Crippen LogP contribution >= 0.6 is 0 Å². The Kier molecular flexibility index (Phi) is 16.8. The largest absolute Gasteiger partial charge is 0.390 e. The summed E-state index contributed by atoms with van der Waals surface area (Å²) < 4.78 is 12.5. The molecule has 0 radical (unpaired) electrons. The highest BCUT2D eigenvalue weighted by Gasteiger charge is 2.40. The van der Waals surface area contributed by atoms with Crippen LogP contribution in [0.1, 0.15) is 155 Å². The molecule has 6 atom stereocenters. The van der Waals surface area contributed by atoms with Gasteiger partial charge >= 0.3 is 0 Å². The molecule has 0 aromatic rings. The molecule has 2 N–H and O–H groups in total. The summed E-state index contributed by atoms with van der Waals surface area (Å²) in [5.41, 5.74) is 0. The minimum absolute atomic E-state index is 0.0283. The van der Waals surface area contributed by atoms with Crippen molar-refractivity contribution in [1.82, 2.24) is 0 Å². The molecule has 0 aromatic carbocycles. The molecular formula is C30H58O4. The predicted octanol–water partition coefficient (Wildman–Crippen LogP) is 7.87. The topological polar surface area (TPSA) is 58.9 Å². The van der Waals surface area contributed by atoms with Crippen LogP contribution in [-0.4, -0.2) is 46.8 Å². The molecule has 2 heterocycles. The fraction of sp³-hybridized carbons (Fsp3) is 1.00. The van der Waals surface area contributed by atoms with E-state index in [9.17, 15) is 10.2 Å². The summed E-state index contributed by atoms with van der Waals surface area (Å²) in [5, 5.41) is 21.2. The van der Waals surface area contributed by atoms with Crippen molar-refractivity contribution in [2.45, 2.75) is 192 Å². The monoisotopic (exact) mass is 482 g/mol. The number of rotatable bonds is 21. The first-order valence-electron chi connectivity index (χ1n) is 15.3. The smallest absolute Gasteiger partial charge is 0.0842 e. The Morgan fingerprint density at radius 3 is 1.18 bits per heavy atom. The quantitative estimate of drug-likeness (QED) is 0.163. The van der Waals surface area contributed by atoms with Crippen LogP contribution in [0.25, 0.3) is 0 Å². The van der Waals surface area contributed by atoms with Gasteiger partial charge in [-0.25, -0.2) is 0 Å². The number of aliphatic hydroxyl groups excluding tert-OH is 2. The summed E-state index contributed by atoms with van der Waals surface area (Å²) in [4.78, 5) is 0. The third kappa shape index (κ3) is 12.2. The average molecular weight is 483 g/mol. The maximum atomic E-state index is 10.6. The maximum absolute atomic E-state index is 10.6. The SMILES string of the molecule is CCCCCCCCCC[C@@H](O)[C@@H]1CC[C@@H]([C@@H]2CC[C@@H]([C@@H](O)CCCCCCCCCC)O2)O1. The molecule has 2 rings (SSSR count). The molecular weight excluding hydrogens is 424 g/mol. The maximum Gasteiger partial charge on any atom is 0.0842 e. The van der Waals surface area contributed by atoms with Gasteiger partial charge in [-0.05, 0) is 38.5 Å². The molecule has 202 valence electrons. The van der Waals surface area contributed by atoms with Gasteiger partial charge in [0.25, 0.3) is 0 Å². The summed E-state index contributed by atoms with van der Waals surface area (Å²) in [5.74, 6) is 0. The Bertz CT molecular complexity index is 429. The van der Waals surface area contributed by atoms with Crippen LogP contribution in [0.5, 0.6) is 0 Å². The van der Waals surface area contributed by atoms with E-state index >= 15 is 0 Å². The first kappa shape index (κ1) is 30.1. The average Bonchev–Trinajstić information content (AvgIpc) is 3.52. The number of unbranched alkanes of at least 4 members (excludes halogenated alkanes) is 14. The van der Waals surface area contributed by atoms with E-state index in [4.69, 9.17) is 9.47 Å². The zero-order chi connectivity index (χ0) is 24.4. The predicted molar refractivity (Wildman–Crippen MR) is 142 cm³/mol. The van der Waals surface area contributed by atoms with Crippen molar-refractivity contribution in [1.29, 1.82) is 0 Å². The Hall–Kier alpha value is -0.160. The van der Waals surface area contributed by atoms with Gasteiger partial charge in [0.2, 0.25) is 0 Å². The van der Waals surface area contributed by atoms with E-state index in [-0.39, 0.29) is 36.6 Å². The van der Waals surface area contributed by atoms with Crippen LogP contribution in [0.2, 0.25) is 0 Å². The van der Waals surface area contributed by atoms with Gasteiger partial charge in [0, 0.05) is 0 Å². The van der Waals surface area contributed by atoms with E-state index in [1.165, 1.54) is 89.9 Å². The van der Waals surface area contributed by atoms with Crippen LogP contribution in [0, 0.1) is 0 Å². The fourth-order valence-electron chi connectivity index (χ4n) is 5.84. The number of aliphatic hydroxyl groups is 2. The standard InChI is InChI=1S/C30H58O4/c1-3-5-7-9-11-13-15-17-19-25(31)27-21-23-29(33-27)30-24-22-28(34-30)26(32)20-18-16-14-12-10-8-6-4-2/h25-32H,3-24H2,1-2H3/t25-,26+,27-,28-,29-,30-/m0/s1. The Labute approximate surface area is 211 Å². The van der Waals surface area contributed by atoms with Gasteiger partial charge in [-0.1, -0.05) is 117 Å². The molecule has 2 fully saturated rings. The van der Waals surface area contributed by atoms with E-state index in [1.54, 1.807) is 0 Å². The first-order chi connectivity index (χ1) is 16.7. The van der Waals surface area contributed by atoms with Gasteiger partial charge in [-0.3, -0.25) is 0 Å². The van der Waals surface area contributed by atoms with Crippen molar-refractivity contribution in [2.24, 2.45) is 0 Å². The van der Waals surface area contributed by atoms with Crippen LogP contribution in [0.4, 0.5) is 0 Å². The minimum atomic E-state index is -0.338. The van der Waals surface area contributed by atoms with E-state index in [2.05, 4.69) is 13.8 Å². The number of ether oxygens (including phenoxy) is 2. The summed E-state index contributed by atoms with van der Waals surface area (Å²) >= 11 is 0. The van der Waals surface area contributed by atoms with Crippen molar-refractivity contribution in [3.63, 3.8) is 0 Å². The van der Waals surface area contributed by atoms with Gasteiger partial charge in [0.1, 0.15) is 0 Å². The van der Waals surface area contributed by atoms with Gasteiger partial charge < -0.3 is 19.7 Å². The summed E-state index contributed by atoms with van der Waals surface area (Å²) in [6, 6.07) is 0. The second-order valence-electron chi connectivity index (χ2n) is 11.2. The molecule has 2 aliphatic rings. The summed E-state index contributed by atoms with van der Waals surface area (Å²) in [6.45, 7) is 4.52. The molecule has 0 bridgehead atoms. The molecule has 0 aromatic heterocycles. The van der Waals surface area contributed by atoms with Crippen molar-refractivity contribution < 1.29 is 19.7 Å². The van der Waals surface area contributed by atoms with E-state index < -0.39 is 0 Å². The highest BCUT2D eigenvalue weighted by Crippen LogP contribution is 2.34. The summed E-state index contributed by atoms with van der Waals surface area (Å²) in [7, 11) is 0. The fourth-order valence-corrected chi connectivity index (χ4v) is 5.84. The molecule has 0 saturated carbocycles. The lowest BCUT2D eigenvalue weighted by atomic mass is 10.0. The summed E-state index contributed by atoms with van der Waals surface area (Å²) in [6.07, 6.45) is 25.7. The van der Waals surface area contributed by atoms with Crippen LogP contribution in [0.3, 0.4) is 0 Å². The lowest BCUT2D eigenvalue weighted by Gasteiger charge is -2.24. The van der Waals surface area contributed by atoms with Gasteiger partial charge in [-0.15, -0.1) is 0 Å². The zero-order valence-corrected chi connectivity index (χ0v) is 22.7. The number of hydrogen-bond donors (Lipinski definition) is 2. The highest BCUT2D eigenvalue weighted by atomic mass is 16.6. The molecule has 2 aliphatic heterocycles. The minimum Gasteiger partial charge on any atom is -0.390 e. The highest BCUT2D eigenvalue weighted by molar-refractivity contribution is 4.89. The Morgan fingerprint density at radius 1 is 0.500 bits per heavy atom. The third-order valence-corrected chi connectivity index (χ3v) is 8.15. The molecule has 34 heavy (non-hydrogen) atoms. The second-order valence-corrected chi connectivity index (χ2v) is 11.2. The molecule has 0 amide bonds. The van der Waals surface area contributed by atoms with Crippen LogP contribution < -0.4 is 0 Å². The van der Waals surface area contributed by atoms with E-state index in [1.807, 2.05) is 0 Å². The Morgan fingerprint density at radius 2 is 0.824 bits per heavy atom. The van der Waals surface area contributed by atoms with E-state index in [0.717, 1.165) is 51.4 Å². The number of hydrogen-bond acceptors (Lipinski definition) is 4. The van der Waals surface area contributed by atoms with Gasteiger partial charge in [-0.2, -0.15) is 0 Å². The lowest BCUT2D eigenvalue weighted by Crippen LogP contribution is -2.33. The van der Waals surface area contributed by atoms with Gasteiger partial charge in [0.05, 0.1) is 36.6 Å². The van der Waals surface area contributed by atoms with Crippen molar-refractivity contribution in [3.05, 3.63) is 0 Å². The van der Waals surface area contributed by atoms with Gasteiger partial charge in [0.15, 0.2) is 0 Å². The molecule has 4 nitrogen and oxygen atoms in total. The zero-order valence-electron chi connectivity index (χ0n) is 22.7. The molecule has 0 unspecified atom stereocenters. The molecule has 0 aliphatic carbocycles. The normalized spacial score (nSPS) is 26.8. The molecule has 2 saturated heterocycles. The van der Waals surface area contributed by atoms with Crippen molar-refractivity contribution in [3.8, 4) is 0 Å². The third-order valence-electron chi connectivity index (χ3n) is 8.15. The van der Waals surface area contributed by atoms with Crippen LogP contribution in [-0.2, 0) is 9.47 Å². The van der Waals surface area contributed by atoms with E-state index in [0.29, 0.717) is 0 Å². The second kappa shape index (κ2) is 19.0. The lowest BCUT2D eigenvalue weighted by molar-refractivity contribution is -0.110. The van der Waals surface area contributed by atoms with Crippen LogP contribution in [0.15, 0.2) is 0 Å². The molecule has 0 spiro atoms. The van der Waals surface area contributed by atoms with Crippen molar-refractivity contribution in [2.75, 3.05) is 0 Å². The Balaban J connectivity index is 1.51. The molecule has 4 heteroatoms.